The highest BCUT2D eigenvalue weighted by Gasteiger charge is 2.22. The lowest BCUT2D eigenvalue weighted by Gasteiger charge is -2.16. The number of aryl methyl sites for hydroxylation is 1. The summed E-state index contributed by atoms with van der Waals surface area (Å²) in [5, 5.41) is 11.5. The topological polar surface area (TPSA) is 104 Å². The second kappa shape index (κ2) is 6.62. The molecule has 10 heteroatoms. The van der Waals surface area contributed by atoms with E-state index in [0.29, 0.717) is 22.3 Å². The number of thioether (sulfide) groups is 1. The number of anilines is 2. The maximum Gasteiger partial charge on any atom is 0.244 e. The van der Waals surface area contributed by atoms with Crippen LogP contribution in [0.4, 0.5) is 11.5 Å². The average molecular weight is 378 g/mol. The highest BCUT2D eigenvalue weighted by atomic mass is 32.2. The molecule has 0 aliphatic heterocycles. The predicted molar refractivity (Wildman–Crippen MR) is 98.8 cm³/mol. The summed E-state index contributed by atoms with van der Waals surface area (Å²) in [6.07, 6.45) is 1.87. The van der Waals surface area contributed by atoms with Crippen molar-refractivity contribution < 1.29 is 8.42 Å². The number of para-hydroxylation sites is 1. The summed E-state index contributed by atoms with van der Waals surface area (Å²) in [5.74, 6) is 0.516. The number of aromatic nitrogens is 4. The quantitative estimate of drug-likeness (QED) is 0.519. The highest BCUT2D eigenvalue weighted by molar-refractivity contribution is 7.98. The van der Waals surface area contributed by atoms with Crippen LogP contribution in [0.2, 0.25) is 0 Å². The molecule has 3 rings (SSSR count). The average Bonchev–Trinajstić information content (AvgIpc) is 2.96. The third-order valence-electron chi connectivity index (χ3n) is 3.66. The van der Waals surface area contributed by atoms with Crippen molar-refractivity contribution in [3.8, 4) is 0 Å². The Labute approximate surface area is 150 Å². The maximum absolute atomic E-state index is 12.6. The van der Waals surface area contributed by atoms with Crippen LogP contribution in [0.1, 0.15) is 5.69 Å². The Bertz CT molecular complexity index is 1030. The summed E-state index contributed by atoms with van der Waals surface area (Å²) in [5.41, 5.74) is 1.79. The second-order valence-corrected chi connectivity index (χ2v) is 8.41. The Hall–Kier alpha value is -2.17. The molecule has 0 aliphatic rings. The van der Waals surface area contributed by atoms with E-state index in [1.807, 2.05) is 13.2 Å². The molecule has 0 saturated heterocycles. The number of rotatable bonds is 5. The molecule has 0 spiro atoms. The number of sulfonamides is 1. The van der Waals surface area contributed by atoms with Crippen molar-refractivity contribution in [1.82, 2.24) is 24.5 Å². The van der Waals surface area contributed by atoms with Gasteiger partial charge in [0.25, 0.3) is 0 Å². The molecular weight excluding hydrogens is 360 g/mol. The summed E-state index contributed by atoms with van der Waals surface area (Å²) in [7, 11) is -0.592. The Kier molecular flexibility index (Phi) is 4.67. The molecule has 0 unspecified atom stereocenters. The molecular formula is C15H18N6O2S2. The normalized spacial score (nSPS) is 12.0. The van der Waals surface area contributed by atoms with Crippen LogP contribution in [0.3, 0.4) is 0 Å². The van der Waals surface area contributed by atoms with Crippen LogP contribution >= 0.6 is 11.8 Å². The van der Waals surface area contributed by atoms with Crippen LogP contribution in [-0.4, -0.2) is 53.2 Å². The fourth-order valence-electron chi connectivity index (χ4n) is 2.35. The third-order valence-corrected chi connectivity index (χ3v) is 6.08. The number of fused-ring (bicyclic) bond motifs is 1. The lowest BCUT2D eigenvalue weighted by atomic mass is 10.2. The molecule has 0 bridgehead atoms. The molecule has 2 aromatic heterocycles. The zero-order valence-corrected chi connectivity index (χ0v) is 15.9. The van der Waals surface area contributed by atoms with E-state index in [2.05, 4.69) is 25.5 Å². The van der Waals surface area contributed by atoms with Crippen molar-refractivity contribution in [1.29, 1.82) is 0 Å². The van der Waals surface area contributed by atoms with Gasteiger partial charge in [-0.05, 0) is 25.3 Å². The zero-order chi connectivity index (χ0) is 18.2. The minimum absolute atomic E-state index is 0.179. The number of aromatic amines is 1. The number of nitrogens with one attached hydrogen (secondary N) is 2. The van der Waals surface area contributed by atoms with E-state index < -0.39 is 10.0 Å². The SMILES string of the molecule is CSc1nc(Nc2ccccc2S(=O)(=O)N(C)C)c2c(C)[nH]nc2n1. The number of hydrogen-bond donors (Lipinski definition) is 2. The molecule has 0 saturated carbocycles. The predicted octanol–water partition coefficient (Wildman–Crippen LogP) is 2.38. The van der Waals surface area contributed by atoms with Crippen molar-refractivity contribution >= 4 is 44.3 Å². The van der Waals surface area contributed by atoms with Crippen molar-refractivity contribution in [3.05, 3.63) is 30.0 Å². The van der Waals surface area contributed by atoms with Gasteiger partial charge < -0.3 is 5.32 Å². The van der Waals surface area contributed by atoms with Crippen LogP contribution < -0.4 is 5.32 Å². The molecule has 8 nitrogen and oxygen atoms in total. The van der Waals surface area contributed by atoms with Gasteiger partial charge in [0, 0.05) is 19.8 Å². The minimum Gasteiger partial charge on any atom is -0.338 e. The van der Waals surface area contributed by atoms with Gasteiger partial charge in [0.15, 0.2) is 10.8 Å². The van der Waals surface area contributed by atoms with Gasteiger partial charge in [0.2, 0.25) is 10.0 Å². The lowest BCUT2D eigenvalue weighted by Crippen LogP contribution is -2.23. The van der Waals surface area contributed by atoms with Crippen molar-refractivity contribution in [2.24, 2.45) is 0 Å². The fourth-order valence-corrected chi connectivity index (χ4v) is 3.75. The summed E-state index contributed by atoms with van der Waals surface area (Å²) in [4.78, 5) is 9.03. The molecule has 1 aromatic carbocycles. The second-order valence-electron chi connectivity index (χ2n) is 5.51. The molecule has 3 aromatic rings. The minimum atomic E-state index is -3.59. The van der Waals surface area contributed by atoms with Gasteiger partial charge in [-0.2, -0.15) is 5.10 Å². The molecule has 2 N–H and O–H groups in total. The first-order valence-corrected chi connectivity index (χ1v) is 10.1. The Morgan fingerprint density at radius 2 is 1.92 bits per heavy atom. The molecule has 0 atom stereocenters. The van der Waals surface area contributed by atoms with Gasteiger partial charge in [0.1, 0.15) is 10.7 Å². The fraction of sp³-hybridized carbons (Fsp3) is 0.267. The van der Waals surface area contributed by atoms with Gasteiger partial charge in [-0.15, -0.1) is 0 Å². The summed E-state index contributed by atoms with van der Waals surface area (Å²) in [6.45, 7) is 1.87. The Morgan fingerprint density at radius 3 is 2.60 bits per heavy atom. The smallest absolute Gasteiger partial charge is 0.244 e. The van der Waals surface area contributed by atoms with E-state index in [4.69, 9.17) is 0 Å². The van der Waals surface area contributed by atoms with Gasteiger partial charge >= 0.3 is 0 Å². The number of benzene rings is 1. The monoisotopic (exact) mass is 378 g/mol. The Balaban J connectivity index is 2.16. The van der Waals surface area contributed by atoms with E-state index >= 15 is 0 Å². The molecule has 0 aliphatic carbocycles. The van der Waals surface area contributed by atoms with Gasteiger partial charge in [-0.3, -0.25) is 5.10 Å². The maximum atomic E-state index is 12.6. The number of H-pyrrole nitrogens is 1. The first-order chi connectivity index (χ1) is 11.8. The summed E-state index contributed by atoms with van der Waals surface area (Å²) >= 11 is 1.39. The first-order valence-electron chi connectivity index (χ1n) is 7.40. The summed E-state index contributed by atoms with van der Waals surface area (Å²) in [6, 6.07) is 6.73. The standard InChI is InChI=1S/C15H18N6O2S2/c1-9-12-13(17-15(24-4)18-14(12)20-19-9)16-10-7-5-6-8-11(10)25(22,23)21(2)3/h5-8H,1-4H3,(H2,16,17,18,19,20). The van der Waals surface area contributed by atoms with E-state index in [9.17, 15) is 8.42 Å². The van der Waals surface area contributed by atoms with Crippen molar-refractivity contribution in [3.63, 3.8) is 0 Å². The van der Waals surface area contributed by atoms with Crippen molar-refractivity contribution in [2.75, 3.05) is 25.7 Å². The molecule has 0 fully saturated rings. The van der Waals surface area contributed by atoms with E-state index in [1.165, 1.54) is 30.2 Å². The van der Waals surface area contributed by atoms with E-state index in [0.717, 1.165) is 11.1 Å². The number of nitrogens with zero attached hydrogens (tertiary/aromatic N) is 4. The molecule has 0 amide bonds. The van der Waals surface area contributed by atoms with Crippen LogP contribution in [0.15, 0.2) is 34.3 Å². The van der Waals surface area contributed by atoms with Crippen molar-refractivity contribution in [2.45, 2.75) is 17.0 Å². The molecule has 2 heterocycles. The molecule has 0 radical (unpaired) electrons. The lowest BCUT2D eigenvalue weighted by molar-refractivity contribution is 0.521. The van der Waals surface area contributed by atoms with Crippen LogP contribution in [0, 0.1) is 6.92 Å². The van der Waals surface area contributed by atoms with Gasteiger partial charge in [0.05, 0.1) is 11.1 Å². The van der Waals surface area contributed by atoms with Gasteiger partial charge in [-0.1, -0.05) is 23.9 Å². The van der Waals surface area contributed by atoms with E-state index in [1.54, 1.807) is 24.3 Å². The highest BCUT2D eigenvalue weighted by Crippen LogP contribution is 2.30. The van der Waals surface area contributed by atoms with Crippen LogP contribution in [0.5, 0.6) is 0 Å². The van der Waals surface area contributed by atoms with E-state index in [-0.39, 0.29) is 4.90 Å². The molecule has 25 heavy (non-hydrogen) atoms. The largest absolute Gasteiger partial charge is 0.338 e. The first kappa shape index (κ1) is 17.6. The summed E-state index contributed by atoms with van der Waals surface area (Å²) < 4.78 is 26.3. The zero-order valence-electron chi connectivity index (χ0n) is 14.2. The Morgan fingerprint density at radius 1 is 1.20 bits per heavy atom. The van der Waals surface area contributed by atoms with Crippen LogP contribution in [-0.2, 0) is 10.0 Å². The third kappa shape index (κ3) is 3.20. The molecule has 132 valence electrons. The van der Waals surface area contributed by atoms with Gasteiger partial charge in [-0.25, -0.2) is 22.7 Å². The van der Waals surface area contributed by atoms with Crippen LogP contribution in [0.25, 0.3) is 11.0 Å². The number of hydrogen-bond acceptors (Lipinski definition) is 7.